The molecule has 0 spiro atoms. The second-order valence-electron chi connectivity index (χ2n) is 8.92. The number of pyridine rings is 1. The van der Waals surface area contributed by atoms with Crippen molar-refractivity contribution < 1.29 is 27.1 Å². The molecule has 2 amide bonds. The van der Waals surface area contributed by atoms with E-state index in [1.54, 1.807) is 35.2 Å². The fourth-order valence-electron chi connectivity index (χ4n) is 4.52. The van der Waals surface area contributed by atoms with Crippen LogP contribution >= 0.6 is 0 Å². The monoisotopic (exact) mass is 548 g/mol. The van der Waals surface area contributed by atoms with Crippen LogP contribution in [0.5, 0.6) is 5.75 Å². The first kappa shape index (κ1) is 26.1. The van der Waals surface area contributed by atoms with Gasteiger partial charge in [0.05, 0.1) is 29.4 Å². The van der Waals surface area contributed by atoms with Crippen molar-refractivity contribution >= 4 is 38.4 Å². The molecule has 1 fully saturated rings. The van der Waals surface area contributed by atoms with Gasteiger partial charge in [0, 0.05) is 43.8 Å². The van der Waals surface area contributed by atoms with Crippen LogP contribution in [0.4, 0.5) is 10.1 Å². The molecule has 0 atom stereocenters. The molecule has 5 rings (SSSR count). The second kappa shape index (κ2) is 10.7. The van der Waals surface area contributed by atoms with Gasteiger partial charge in [-0.05, 0) is 36.4 Å². The summed E-state index contributed by atoms with van der Waals surface area (Å²) in [5, 5.41) is 0.689. The number of fused-ring (bicyclic) bond motifs is 1. The average Bonchev–Trinajstić information content (AvgIpc) is 2.96. The highest BCUT2D eigenvalue weighted by molar-refractivity contribution is 7.93. The molecular formula is C28H25FN4O5S. The van der Waals surface area contributed by atoms with Crippen LogP contribution in [0.3, 0.4) is 0 Å². The molecular weight excluding hydrogens is 523 g/mol. The molecule has 3 aromatic carbocycles. The number of hydrogen-bond donors (Lipinski definition) is 1. The van der Waals surface area contributed by atoms with E-state index in [4.69, 9.17) is 4.74 Å². The van der Waals surface area contributed by atoms with Crippen molar-refractivity contribution in [3.63, 3.8) is 0 Å². The molecule has 0 aliphatic carbocycles. The highest BCUT2D eigenvalue weighted by Crippen LogP contribution is 2.28. The number of carbonyl (C=O) groups is 2. The minimum absolute atomic E-state index is 0.00346. The third-order valence-electron chi connectivity index (χ3n) is 6.53. The zero-order chi connectivity index (χ0) is 27.6. The summed E-state index contributed by atoms with van der Waals surface area (Å²) in [6.45, 7) is 1.01. The maximum Gasteiger partial charge on any atom is 0.264 e. The molecule has 0 saturated carbocycles. The van der Waals surface area contributed by atoms with Crippen LogP contribution in [0.2, 0.25) is 0 Å². The molecule has 0 bridgehead atoms. The molecule has 0 unspecified atom stereocenters. The smallest absolute Gasteiger partial charge is 0.264 e. The van der Waals surface area contributed by atoms with E-state index < -0.39 is 21.7 Å². The van der Waals surface area contributed by atoms with Gasteiger partial charge in [-0.2, -0.15) is 0 Å². The van der Waals surface area contributed by atoms with Crippen LogP contribution < -0.4 is 9.46 Å². The van der Waals surface area contributed by atoms with Crippen molar-refractivity contribution in [2.75, 3.05) is 38.0 Å². The maximum atomic E-state index is 14.0. The van der Waals surface area contributed by atoms with E-state index in [0.29, 0.717) is 10.9 Å². The number of nitrogens with zero attached hydrogens (tertiary/aromatic N) is 3. The lowest BCUT2D eigenvalue weighted by molar-refractivity contribution is 0.0531. The van der Waals surface area contributed by atoms with Gasteiger partial charge in [0.2, 0.25) is 0 Å². The predicted octanol–water partition coefficient (Wildman–Crippen LogP) is 3.78. The summed E-state index contributed by atoms with van der Waals surface area (Å²) < 4.78 is 48.3. The zero-order valence-corrected chi connectivity index (χ0v) is 21.8. The zero-order valence-electron chi connectivity index (χ0n) is 21.0. The normalized spacial score (nSPS) is 13.8. The number of sulfonamides is 1. The minimum atomic E-state index is -3.99. The number of ether oxygens (including phenoxy) is 1. The molecule has 1 saturated heterocycles. The predicted molar refractivity (Wildman–Crippen MR) is 144 cm³/mol. The molecule has 200 valence electrons. The second-order valence-corrected chi connectivity index (χ2v) is 10.6. The van der Waals surface area contributed by atoms with Gasteiger partial charge in [-0.3, -0.25) is 19.3 Å². The van der Waals surface area contributed by atoms with Gasteiger partial charge in [-0.1, -0.05) is 30.3 Å². The lowest BCUT2D eigenvalue weighted by Crippen LogP contribution is -2.50. The van der Waals surface area contributed by atoms with Crippen molar-refractivity contribution in [1.82, 2.24) is 14.8 Å². The highest BCUT2D eigenvalue weighted by atomic mass is 32.2. The lowest BCUT2D eigenvalue weighted by atomic mass is 10.1. The number of hydrogen-bond acceptors (Lipinski definition) is 6. The molecule has 9 nitrogen and oxygen atoms in total. The summed E-state index contributed by atoms with van der Waals surface area (Å²) in [6, 6.07) is 18.6. The topological polar surface area (TPSA) is 109 Å². The summed E-state index contributed by atoms with van der Waals surface area (Å²) in [5.41, 5.74) is 0.813. The Labute approximate surface area is 224 Å². The number of aromatic nitrogens is 1. The first-order chi connectivity index (χ1) is 18.8. The lowest BCUT2D eigenvalue weighted by Gasteiger charge is -2.35. The minimum Gasteiger partial charge on any atom is -0.496 e. The molecule has 11 heteroatoms. The number of halogens is 1. The largest absolute Gasteiger partial charge is 0.496 e. The van der Waals surface area contributed by atoms with Crippen LogP contribution in [-0.2, 0) is 10.0 Å². The average molecular weight is 549 g/mol. The Morgan fingerprint density at radius 2 is 1.54 bits per heavy atom. The number of rotatable bonds is 6. The van der Waals surface area contributed by atoms with Gasteiger partial charge in [0.1, 0.15) is 16.5 Å². The van der Waals surface area contributed by atoms with Crippen LogP contribution in [0.1, 0.15) is 20.7 Å². The van der Waals surface area contributed by atoms with Crippen molar-refractivity contribution in [2.24, 2.45) is 0 Å². The van der Waals surface area contributed by atoms with Crippen LogP contribution in [0.25, 0.3) is 10.9 Å². The SMILES string of the molecule is COc1cc(NS(=O)(=O)c2cccc3cccnc23)ccc1C(=O)N1CCN(C(=O)c2ccccc2F)CC1. The summed E-state index contributed by atoms with van der Waals surface area (Å²) in [7, 11) is -2.59. The Morgan fingerprint density at radius 3 is 2.23 bits per heavy atom. The first-order valence-corrected chi connectivity index (χ1v) is 13.6. The van der Waals surface area contributed by atoms with Crippen LogP contribution in [0.15, 0.2) is 83.9 Å². The summed E-state index contributed by atoms with van der Waals surface area (Å²) in [4.78, 5) is 33.3. The van der Waals surface area contributed by atoms with E-state index in [2.05, 4.69) is 9.71 Å². The molecule has 1 N–H and O–H groups in total. The first-order valence-electron chi connectivity index (χ1n) is 12.2. The fourth-order valence-corrected chi connectivity index (χ4v) is 5.75. The van der Waals surface area contributed by atoms with E-state index in [9.17, 15) is 22.4 Å². The summed E-state index contributed by atoms with van der Waals surface area (Å²) in [6.07, 6.45) is 1.53. The number of para-hydroxylation sites is 1. The van der Waals surface area contributed by atoms with E-state index in [1.165, 1.54) is 60.7 Å². The van der Waals surface area contributed by atoms with Gasteiger partial charge in [0.25, 0.3) is 21.8 Å². The third kappa shape index (κ3) is 5.26. The van der Waals surface area contributed by atoms with E-state index in [1.807, 2.05) is 0 Å². The Kier molecular flexibility index (Phi) is 7.16. The van der Waals surface area contributed by atoms with Gasteiger partial charge in [-0.25, -0.2) is 12.8 Å². The van der Waals surface area contributed by atoms with Crippen molar-refractivity contribution in [3.05, 3.63) is 95.9 Å². The molecule has 1 aliphatic rings. The number of benzene rings is 3. The molecule has 1 aromatic heterocycles. The quantitative estimate of drug-likeness (QED) is 0.393. The van der Waals surface area contributed by atoms with Gasteiger partial charge < -0.3 is 14.5 Å². The van der Waals surface area contributed by atoms with Gasteiger partial charge in [-0.15, -0.1) is 0 Å². The highest BCUT2D eigenvalue weighted by Gasteiger charge is 2.28. The molecule has 2 heterocycles. The number of piperazine rings is 1. The van der Waals surface area contributed by atoms with E-state index >= 15 is 0 Å². The fraction of sp³-hybridized carbons (Fsp3) is 0.179. The summed E-state index contributed by atoms with van der Waals surface area (Å²) >= 11 is 0. The Morgan fingerprint density at radius 1 is 0.872 bits per heavy atom. The Bertz CT molecular complexity index is 1660. The molecule has 39 heavy (non-hydrogen) atoms. The standard InChI is InChI=1S/C28H25FN4O5S/c1-38-24-18-20(31-39(36,37)25-10-4-6-19-7-5-13-30-26(19)25)11-12-22(24)28(35)33-16-14-32(15-17-33)27(34)21-8-2-3-9-23(21)29/h2-13,18,31H,14-17H2,1H3. The summed E-state index contributed by atoms with van der Waals surface area (Å²) in [5.74, 6) is -1.13. The van der Waals surface area contributed by atoms with Crippen molar-refractivity contribution in [1.29, 1.82) is 0 Å². The van der Waals surface area contributed by atoms with Crippen molar-refractivity contribution in [3.8, 4) is 5.75 Å². The van der Waals surface area contributed by atoms with Gasteiger partial charge >= 0.3 is 0 Å². The number of carbonyl (C=O) groups excluding carboxylic acids is 2. The van der Waals surface area contributed by atoms with Crippen molar-refractivity contribution in [2.45, 2.75) is 4.90 Å². The van der Waals surface area contributed by atoms with E-state index in [-0.39, 0.29) is 59.5 Å². The number of methoxy groups -OCH3 is 1. The Balaban J connectivity index is 1.30. The maximum absolute atomic E-state index is 14.0. The third-order valence-corrected chi connectivity index (χ3v) is 7.94. The van der Waals surface area contributed by atoms with Crippen LogP contribution in [0, 0.1) is 5.82 Å². The van der Waals surface area contributed by atoms with Crippen LogP contribution in [-0.4, -0.2) is 68.3 Å². The number of anilines is 1. The molecule has 4 aromatic rings. The molecule has 0 radical (unpaired) electrons. The molecule has 1 aliphatic heterocycles. The van der Waals surface area contributed by atoms with E-state index in [0.717, 1.165) is 0 Å². The Hall–Kier alpha value is -4.51. The number of nitrogens with one attached hydrogen (secondary N) is 1. The van der Waals surface area contributed by atoms with Gasteiger partial charge in [0.15, 0.2) is 0 Å². The number of amides is 2.